The van der Waals surface area contributed by atoms with Crippen molar-refractivity contribution in [2.45, 2.75) is 6.92 Å². The van der Waals surface area contributed by atoms with Crippen LogP contribution >= 0.6 is 0 Å². The topological polar surface area (TPSA) is 50.4 Å². The van der Waals surface area contributed by atoms with E-state index in [1.807, 2.05) is 37.3 Å². The van der Waals surface area contributed by atoms with Crippen LogP contribution in [-0.2, 0) is 0 Å². The Kier molecular flexibility index (Phi) is 4.60. The van der Waals surface area contributed by atoms with E-state index < -0.39 is 0 Å². The molecule has 0 saturated heterocycles. The molecule has 2 N–H and O–H groups in total. The van der Waals surface area contributed by atoms with Gasteiger partial charge in [-0.05, 0) is 43.3 Å². The zero-order valence-electron chi connectivity index (χ0n) is 11.6. The van der Waals surface area contributed by atoms with Gasteiger partial charge in [0.05, 0.1) is 7.11 Å². The molecule has 0 aromatic heterocycles. The Balaban J connectivity index is 2.07. The molecule has 0 fully saturated rings. The first-order valence-corrected chi connectivity index (χ1v) is 6.52. The third-order valence-corrected chi connectivity index (χ3v) is 2.86. The minimum atomic E-state index is -0.138. The lowest BCUT2D eigenvalue weighted by molar-refractivity contribution is 0.102. The highest BCUT2D eigenvalue weighted by atomic mass is 16.5. The molecule has 104 valence electrons. The molecule has 0 atom stereocenters. The van der Waals surface area contributed by atoms with Crippen molar-refractivity contribution in [3.63, 3.8) is 0 Å². The smallest absolute Gasteiger partial charge is 0.255 e. The molecular weight excluding hydrogens is 252 g/mol. The zero-order valence-corrected chi connectivity index (χ0v) is 11.6. The first-order chi connectivity index (χ1) is 9.72. The van der Waals surface area contributed by atoms with Crippen molar-refractivity contribution < 1.29 is 9.53 Å². The highest BCUT2D eigenvalue weighted by Crippen LogP contribution is 2.18. The summed E-state index contributed by atoms with van der Waals surface area (Å²) in [6, 6.07) is 14.7. The molecule has 4 heteroatoms. The number of carbonyl (C=O) groups is 1. The van der Waals surface area contributed by atoms with Gasteiger partial charge in [-0.2, -0.15) is 0 Å². The van der Waals surface area contributed by atoms with E-state index in [9.17, 15) is 4.79 Å². The van der Waals surface area contributed by atoms with Gasteiger partial charge in [0.2, 0.25) is 0 Å². The largest absolute Gasteiger partial charge is 0.497 e. The van der Waals surface area contributed by atoms with Gasteiger partial charge in [-0.1, -0.05) is 6.07 Å². The summed E-state index contributed by atoms with van der Waals surface area (Å²) in [5.74, 6) is 0.576. The van der Waals surface area contributed by atoms with Gasteiger partial charge in [0.1, 0.15) is 5.75 Å². The summed E-state index contributed by atoms with van der Waals surface area (Å²) in [4.78, 5) is 12.1. The molecule has 0 unspecified atom stereocenters. The number of anilines is 2. The standard InChI is InChI=1S/C16H18N2O2/c1-3-17-13-9-7-12(8-10-13)16(19)18-14-5-4-6-15(11-14)20-2/h4-11,17H,3H2,1-2H3,(H,18,19). The monoisotopic (exact) mass is 270 g/mol. The molecule has 0 spiro atoms. The third-order valence-electron chi connectivity index (χ3n) is 2.86. The molecular formula is C16H18N2O2. The Morgan fingerprint density at radius 1 is 1.10 bits per heavy atom. The fourth-order valence-corrected chi connectivity index (χ4v) is 1.85. The van der Waals surface area contributed by atoms with Crippen LogP contribution < -0.4 is 15.4 Å². The minimum absolute atomic E-state index is 0.138. The van der Waals surface area contributed by atoms with Gasteiger partial charge >= 0.3 is 0 Å². The van der Waals surface area contributed by atoms with Crippen LogP contribution in [0.3, 0.4) is 0 Å². The van der Waals surface area contributed by atoms with Crippen LogP contribution in [0.4, 0.5) is 11.4 Å². The van der Waals surface area contributed by atoms with E-state index in [4.69, 9.17) is 4.74 Å². The van der Waals surface area contributed by atoms with Crippen LogP contribution in [0, 0.1) is 0 Å². The summed E-state index contributed by atoms with van der Waals surface area (Å²) in [5.41, 5.74) is 2.34. The predicted octanol–water partition coefficient (Wildman–Crippen LogP) is 3.38. The number of benzene rings is 2. The van der Waals surface area contributed by atoms with Gasteiger partial charge in [-0.25, -0.2) is 0 Å². The fraction of sp³-hybridized carbons (Fsp3) is 0.188. The molecule has 1 amide bonds. The van der Waals surface area contributed by atoms with Crippen molar-refractivity contribution in [1.82, 2.24) is 0 Å². The molecule has 0 aliphatic rings. The van der Waals surface area contributed by atoms with E-state index in [1.54, 1.807) is 25.3 Å². The van der Waals surface area contributed by atoms with E-state index >= 15 is 0 Å². The number of carbonyl (C=O) groups excluding carboxylic acids is 1. The molecule has 2 aromatic carbocycles. The first kappa shape index (κ1) is 13.9. The average molecular weight is 270 g/mol. The maximum absolute atomic E-state index is 12.1. The summed E-state index contributed by atoms with van der Waals surface area (Å²) in [6.07, 6.45) is 0. The van der Waals surface area contributed by atoms with Gasteiger partial charge in [0.25, 0.3) is 5.91 Å². The Morgan fingerprint density at radius 2 is 1.85 bits per heavy atom. The molecule has 2 rings (SSSR count). The second kappa shape index (κ2) is 6.61. The SMILES string of the molecule is CCNc1ccc(C(=O)Nc2cccc(OC)c2)cc1. The van der Waals surface area contributed by atoms with Crippen LogP contribution in [0.25, 0.3) is 0 Å². The van der Waals surface area contributed by atoms with E-state index in [-0.39, 0.29) is 5.91 Å². The summed E-state index contributed by atoms with van der Waals surface area (Å²) in [7, 11) is 1.60. The predicted molar refractivity (Wildman–Crippen MR) is 81.6 cm³/mol. The van der Waals surface area contributed by atoms with Gasteiger partial charge in [0.15, 0.2) is 0 Å². The normalized spacial score (nSPS) is 9.90. The third kappa shape index (κ3) is 3.51. The molecule has 0 heterocycles. The molecule has 20 heavy (non-hydrogen) atoms. The molecule has 0 aliphatic carbocycles. The van der Waals surface area contributed by atoms with Crippen molar-refractivity contribution >= 4 is 17.3 Å². The van der Waals surface area contributed by atoms with Crippen LogP contribution in [-0.4, -0.2) is 19.6 Å². The number of hydrogen-bond acceptors (Lipinski definition) is 3. The van der Waals surface area contributed by atoms with Crippen molar-refractivity contribution in [2.75, 3.05) is 24.3 Å². The van der Waals surface area contributed by atoms with E-state index in [2.05, 4.69) is 10.6 Å². The summed E-state index contributed by atoms with van der Waals surface area (Å²) in [5, 5.41) is 6.04. The van der Waals surface area contributed by atoms with Crippen molar-refractivity contribution in [3.8, 4) is 5.75 Å². The number of nitrogens with one attached hydrogen (secondary N) is 2. The molecule has 2 aromatic rings. The molecule has 0 aliphatic heterocycles. The van der Waals surface area contributed by atoms with Crippen LogP contribution in [0.2, 0.25) is 0 Å². The first-order valence-electron chi connectivity index (χ1n) is 6.52. The Bertz CT molecular complexity index is 579. The lowest BCUT2D eigenvalue weighted by Crippen LogP contribution is -2.11. The number of amides is 1. The Morgan fingerprint density at radius 3 is 2.50 bits per heavy atom. The van der Waals surface area contributed by atoms with Crippen molar-refractivity contribution in [2.24, 2.45) is 0 Å². The highest BCUT2D eigenvalue weighted by Gasteiger charge is 2.06. The number of ether oxygens (including phenoxy) is 1. The van der Waals surface area contributed by atoms with Crippen LogP contribution in [0.1, 0.15) is 17.3 Å². The number of hydrogen-bond donors (Lipinski definition) is 2. The Hall–Kier alpha value is -2.49. The zero-order chi connectivity index (χ0) is 14.4. The summed E-state index contributed by atoms with van der Waals surface area (Å²) in [6.45, 7) is 2.89. The molecule has 0 radical (unpaired) electrons. The van der Waals surface area contributed by atoms with Gasteiger partial charge in [0, 0.05) is 29.5 Å². The van der Waals surface area contributed by atoms with Crippen molar-refractivity contribution in [3.05, 3.63) is 54.1 Å². The molecule has 0 saturated carbocycles. The maximum Gasteiger partial charge on any atom is 0.255 e. The van der Waals surface area contributed by atoms with E-state index in [1.165, 1.54) is 0 Å². The van der Waals surface area contributed by atoms with Crippen LogP contribution in [0.5, 0.6) is 5.75 Å². The molecule has 4 nitrogen and oxygen atoms in total. The summed E-state index contributed by atoms with van der Waals surface area (Å²) < 4.78 is 5.13. The van der Waals surface area contributed by atoms with Gasteiger partial charge in [-0.15, -0.1) is 0 Å². The Labute approximate surface area is 118 Å². The minimum Gasteiger partial charge on any atom is -0.497 e. The van der Waals surface area contributed by atoms with Gasteiger partial charge < -0.3 is 15.4 Å². The quantitative estimate of drug-likeness (QED) is 0.875. The second-order valence-electron chi connectivity index (χ2n) is 4.29. The van der Waals surface area contributed by atoms with Gasteiger partial charge in [-0.3, -0.25) is 4.79 Å². The number of rotatable bonds is 5. The van der Waals surface area contributed by atoms with E-state index in [0.29, 0.717) is 17.0 Å². The van der Waals surface area contributed by atoms with Crippen LogP contribution in [0.15, 0.2) is 48.5 Å². The van der Waals surface area contributed by atoms with E-state index in [0.717, 1.165) is 12.2 Å². The van der Waals surface area contributed by atoms with Crippen molar-refractivity contribution in [1.29, 1.82) is 0 Å². The fourth-order valence-electron chi connectivity index (χ4n) is 1.85. The summed E-state index contributed by atoms with van der Waals surface area (Å²) >= 11 is 0. The maximum atomic E-state index is 12.1. The lowest BCUT2D eigenvalue weighted by Gasteiger charge is -2.08. The lowest BCUT2D eigenvalue weighted by atomic mass is 10.2. The highest BCUT2D eigenvalue weighted by molar-refractivity contribution is 6.04. The average Bonchev–Trinajstić information content (AvgIpc) is 2.48. The second-order valence-corrected chi connectivity index (χ2v) is 4.29. The molecule has 0 bridgehead atoms. The number of methoxy groups -OCH3 is 1.